The van der Waals surface area contributed by atoms with Gasteiger partial charge in [-0.3, -0.25) is 9.97 Å². The molecular weight excluding hydrogens is 210 g/mol. The SMILES string of the molecule is CC#CCCC(N)c1ccc2nccnc2c1. The van der Waals surface area contributed by atoms with Crippen molar-refractivity contribution in [3.05, 3.63) is 36.2 Å². The lowest BCUT2D eigenvalue weighted by Gasteiger charge is -2.10. The van der Waals surface area contributed by atoms with Crippen LogP contribution in [0.4, 0.5) is 0 Å². The number of nitrogens with two attached hydrogens (primary N) is 1. The lowest BCUT2D eigenvalue weighted by Crippen LogP contribution is -2.09. The molecule has 1 aromatic heterocycles. The zero-order chi connectivity index (χ0) is 12.1. The van der Waals surface area contributed by atoms with Crippen molar-refractivity contribution in [1.82, 2.24) is 9.97 Å². The third-order valence-electron chi connectivity index (χ3n) is 2.68. The molecule has 0 radical (unpaired) electrons. The van der Waals surface area contributed by atoms with Crippen molar-refractivity contribution in [2.75, 3.05) is 0 Å². The summed E-state index contributed by atoms with van der Waals surface area (Å²) in [6, 6.07) is 6.00. The second-order valence-electron chi connectivity index (χ2n) is 3.88. The molecule has 2 aromatic rings. The molecule has 0 aliphatic carbocycles. The quantitative estimate of drug-likeness (QED) is 0.816. The first-order valence-electron chi connectivity index (χ1n) is 5.67. The topological polar surface area (TPSA) is 51.8 Å². The van der Waals surface area contributed by atoms with Gasteiger partial charge in [0, 0.05) is 24.9 Å². The van der Waals surface area contributed by atoms with Crippen molar-refractivity contribution in [3.63, 3.8) is 0 Å². The van der Waals surface area contributed by atoms with Crippen LogP contribution in [0, 0.1) is 11.8 Å². The molecule has 0 spiro atoms. The van der Waals surface area contributed by atoms with E-state index in [4.69, 9.17) is 5.73 Å². The molecule has 1 heterocycles. The highest BCUT2D eigenvalue weighted by molar-refractivity contribution is 5.74. The highest BCUT2D eigenvalue weighted by Crippen LogP contribution is 2.19. The molecule has 1 atom stereocenters. The van der Waals surface area contributed by atoms with E-state index in [0.29, 0.717) is 0 Å². The number of nitrogens with zero attached hydrogens (tertiary/aromatic N) is 2. The Bertz CT molecular complexity index is 566. The van der Waals surface area contributed by atoms with Crippen molar-refractivity contribution in [2.45, 2.75) is 25.8 Å². The van der Waals surface area contributed by atoms with Crippen LogP contribution < -0.4 is 5.73 Å². The normalized spacial score (nSPS) is 11.9. The first-order chi connectivity index (χ1) is 8.31. The Morgan fingerprint density at radius 3 is 2.76 bits per heavy atom. The molecule has 0 amide bonds. The monoisotopic (exact) mass is 225 g/mol. The first-order valence-corrected chi connectivity index (χ1v) is 5.67. The third kappa shape index (κ3) is 2.80. The van der Waals surface area contributed by atoms with Crippen LogP contribution in [-0.4, -0.2) is 9.97 Å². The average molecular weight is 225 g/mol. The van der Waals surface area contributed by atoms with E-state index in [1.807, 2.05) is 25.1 Å². The molecule has 1 unspecified atom stereocenters. The summed E-state index contributed by atoms with van der Waals surface area (Å²) < 4.78 is 0. The van der Waals surface area contributed by atoms with Crippen LogP contribution in [0.15, 0.2) is 30.6 Å². The fourth-order valence-electron chi connectivity index (χ4n) is 1.73. The van der Waals surface area contributed by atoms with Crippen molar-refractivity contribution in [3.8, 4) is 11.8 Å². The zero-order valence-corrected chi connectivity index (χ0v) is 9.85. The van der Waals surface area contributed by atoms with Gasteiger partial charge < -0.3 is 5.73 Å². The van der Waals surface area contributed by atoms with Gasteiger partial charge in [-0.25, -0.2) is 0 Å². The fourth-order valence-corrected chi connectivity index (χ4v) is 1.73. The van der Waals surface area contributed by atoms with Gasteiger partial charge in [0.05, 0.1) is 11.0 Å². The fraction of sp³-hybridized carbons (Fsp3) is 0.286. The van der Waals surface area contributed by atoms with Crippen LogP contribution >= 0.6 is 0 Å². The van der Waals surface area contributed by atoms with E-state index in [-0.39, 0.29) is 6.04 Å². The smallest absolute Gasteiger partial charge is 0.0890 e. The Balaban J connectivity index is 2.19. The van der Waals surface area contributed by atoms with E-state index in [2.05, 4.69) is 21.8 Å². The van der Waals surface area contributed by atoms with Crippen molar-refractivity contribution >= 4 is 11.0 Å². The Kier molecular flexibility index (Phi) is 3.69. The van der Waals surface area contributed by atoms with Crippen LogP contribution in [-0.2, 0) is 0 Å². The Morgan fingerprint density at radius 2 is 2.00 bits per heavy atom. The zero-order valence-electron chi connectivity index (χ0n) is 9.85. The number of rotatable bonds is 3. The van der Waals surface area contributed by atoms with Crippen LogP contribution in [0.5, 0.6) is 0 Å². The molecule has 0 aliphatic rings. The van der Waals surface area contributed by atoms with Crippen molar-refractivity contribution in [1.29, 1.82) is 0 Å². The molecule has 17 heavy (non-hydrogen) atoms. The van der Waals surface area contributed by atoms with Gasteiger partial charge in [-0.15, -0.1) is 11.8 Å². The van der Waals surface area contributed by atoms with E-state index >= 15 is 0 Å². The predicted octanol–water partition coefficient (Wildman–Crippen LogP) is 2.43. The maximum atomic E-state index is 6.11. The Labute approximate surface area is 101 Å². The highest BCUT2D eigenvalue weighted by Gasteiger charge is 2.06. The van der Waals surface area contributed by atoms with Crippen LogP contribution in [0.3, 0.4) is 0 Å². The minimum Gasteiger partial charge on any atom is -0.324 e. The molecule has 1 aromatic carbocycles. The number of fused-ring (bicyclic) bond motifs is 1. The second-order valence-corrected chi connectivity index (χ2v) is 3.88. The molecule has 0 saturated heterocycles. The summed E-state index contributed by atoms with van der Waals surface area (Å²) in [6.45, 7) is 1.84. The summed E-state index contributed by atoms with van der Waals surface area (Å²) in [6.07, 6.45) is 5.09. The minimum atomic E-state index is 0.0160. The second kappa shape index (κ2) is 5.42. The molecule has 0 saturated carbocycles. The number of aromatic nitrogens is 2. The summed E-state index contributed by atoms with van der Waals surface area (Å²) in [4.78, 5) is 8.51. The molecule has 0 aliphatic heterocycles. The van der Waals surface area contributed by atoms with Gasteiger partial charge in [-0.05, 0) is 31.0 Å². The maximum Gasteiger partial charge on any atom is 0.0890 e. The van der Waals surface area contributed by atoms with Gasteiger partial charge in [-0.1, -0.05) is 6.07 Å². The molecule has 0 bridgehead atoms. The number of hydrogen-bond donors (Lipinski definition) is 1. The van der Waals surface area contributed by atoms with E-state index in [1.165, 1.54) is 0 Å². The Morgan fingerprint density at radius 1 is 1.24 bits per heavy atom. The van der Waals surface area contributed by atoms with E-state index in [9.17, 15) is 0 Å². The molecule has 2 rings (SSSR count). The van der Waals surface area contributed by atoms with Crippen molar-refractivity contribution in [2.24, 2.45) is 5.73 Å². The lowest BCUT2D eigenvalue weighted by atomic mass is 10.0. The van der Waals surface area contributed by atoms with E-state index in [1.54, 1.807) is 12.4 Å². The molecular formula is C14H15N3. The third-order valence-corrected chi connectivity index (χ3v) is 2.68. The van der Waals surface area contributed by atoms with E-state index < -0.39 is 0 Å². The molecule has 3 nitrogen and oxygen atoms in total. The summed E-state index contributed by atoms with van der Waals surface area (Å²) in [5, 5.41) is 0. The van der Waals surface area contributed by atoms with E-state index in [0.717, 1.165) is 29.4 Å². The summed E-state index contributed by atoms with van der Waals surface area (Å²) in [7, 11) is 0. The first kappa shape index (κ1) is 11.6. The molecule has 2 N–H and O–H groups in total. The summed E-state index contributed by atoms with van der Waals surface area (Å²) in [5.74, 6) is 5.90. The van der Waals surface area contributed by atoms with Crippen molar-refractivity contribution < 1.29 is 0 Å². The van der Waals surface area contributed by atoms with Crippen LogP contribution in [0.2, 0.25) is 0 Å². The Hall–Kier alpha value is -1.92. The summed E-state index contributed by atoms with van der Waals surface area (Å²) in [5.41, 5.74) is 8.99. The van der Waals surface area contributed by atoms with Crippen LogP contribution in [0.1, 0.15) is 31.4 Å². The average Bonchev–Trinajstić information content (AvgIpc) is 2.38. The number of benzene rings is 1. The predicted molar refractivity (Wildman–Crippen MR) is 69.2 cm³/mol. The van der Waals surface area contributed by atoms with Gasteiger partial charge in [0.15, 0.2) is 0 Å². The van der Waals surface area contributed by atoms with Crippen LogP contribution in [0.25, 0.3) is 11.0 Å². The maximum absolute atomic E-state index is 6.11. The standard InChI is InChI=1S/C14H15N3/c1-2-3-4-5-12(15)11-6-7-13-14(10-11)17-9-8-16-13/h6-10,12H,4-5,15H2,1H3. The highest BCUT2D eigenvalue weighted by atomic mass is 14.8. The largest absolute Gasteiger partial charge is 0.324 e. The summed E-state index contributed by atoms with van der Waals surface area (Å²) >= 11 is 0. The van der Waals surface area contributed by atoms with Gasteiger partial charge in [0.1, 0.15) is 0 Å². The lowest BCUT2D eigenvalue weighted by molar-refractivity contribution is 0.668. The van der Waals surface area contributed by atoms with Gasteiger partial charge >= 0.3 is 0 Å². The molecule has 86 valence electrons. The minimum absolute atomic E-state index is 0.0160. The van der Waals surface area contributed by atoms with Gasteiger partial charge in [0.2, 0.25) is 0 Å². The van der Waals surface area contributed by atoms with Gasteiger partial charge in [-0.2, -0.15) is 0 Å². The molecule has 0 fully saturated rings. The number of hydrogen-bond acceptors (Lipinski definition) is 3. The molecule has 3 heteroatoms. The van der Waals surface area contributed by atoms with Gasteiger partial charge in [0.25, 0.3) is 0 Å².